The Morgan fingerprint density at radius 2 is 1.74 bits per heavy atom. The molecule has 1 N–H and O–H groups in total. The molecule has 0 aliphatic carbocycles. The number of pyridine rings is 1. The van der Waals surface area contributed by atoms with Gasteiger partial charge in [-0.05, 0) is 25.0 Å². The molecule has 1 aromatic rings. The van der Waals surface area contributed by atoms with Crippen molar-refractivity contribution in [1.82, 2.24) is 10.3 Å². The number of rotatable bonds is 4. The summed E-state index contributed by atoms with van der Waals surface area (Å²) in [4.78, 5) is 15.4. The van der Waals surface area contributed by atoms with Gasteiger partial charge in [0, 0.05) is 26.3 Å². The summed E-state index contributed by atoms with van der Waals surface area (Å²) in [5.41, 5.74) is 2.08. The summed E-state index contributed by atoms with van der Waals surface area (Å²) in [6.07, 6.45) is 3.41. The van der Waals surface area contributed by atoms with Crippen molar-refractivity contribution in [2.24, 2.45) is 0 Å². The Morgan fingerprint density at radius 1 is 1.21 bits per heavy atom. The Bertz CT molecular complexity index is 330. The predicted molar refractivity (Wildman–Crippen MR) is 85.4 cm³/mol. The Morgan fingerprint density at radius 3 is 2.21 bits per heavy atom. The van der Waals surface area contributed by atoms with Gasteiger partial charge in [-0.1, -0.05) is 47.1 Å². The molecule has 0 aliphatic rings. The van der Waals surface area contributed by atoms with Crippen LogP contribution in [-0.2, 0) is 17.6 Å². The lowest BCUT2D eigenvalue weighted by Crippen LogP contribution is -2.18. The molecule has 0 aliphatic heterocycles. The van der Waals surface area contributed by atoms with Gasteiger partial charge >= 0.3 is 0 Å². The number of hydrogen-bond acceptors (Lipinski definition) is 2. The van der Waals surface area contributed by atoms with Crippen molar-refractivity contribution < 1.29 is 6.22 Å². The predicted octanol–water partition coefficient (Wildman–Crippen LogP) is 4.01. The molecule has 3 nitrogen and oxygen atoms in total. The van der Waals surface area contributed by atoms with Gasteiger partial charge < -0.3 is 5.32 Å². The van der Waals surface area contributed by atoms with Gasteiger partial charge in [0.1, 0.15) is 0 Å². The summed E-state index contributed by atoms with van der Waals surface area (Å²) in [5, 5.41) is 2.60. The minimum absolute atomic E-state index is 0. The minimum Gasteiger partial charge on any atom is -0.359 e. The first-order valence-electron chi connectivity index (χ1n) is 7.33. The van der Waals surface area contributed by atoms with Crippen LogP contribution < -0.4 is 5.32 Å². The van der Waals surface area contributed by atoms with Gasteiger partial charge in [-0.25, -0.2) is 0 Å². The molecular weight excluding hydrogens is 236 g/mol. The highest BCUT2D eigenvalue weighted by Gasteiger charge is 2.00. The van der Waals surface area contributed by atoms with Crippen LogP contribution in [0, 0.1) is 0 Å². The van der Waals surface area contributed by atoms with Crippen LogP contribution in [0.3, 0.4) is 0 Å². The molecule has 112 valence electrons. The molecule has 0 saturated carbocycles. The molecule has 0 atom stereocenters. The lowest BCUT2D eigenvalue weighted by atomic mass is 10.2. The molecule has 3 heteroatoms. The fraction of sp³-hybridized carbons (Fsp3) is 0.625. The highest BCUT2D eigenvalue weighted by molar-refractivity contribution is 5.75. The number of aryl methyl sites for hydroxylation is 2. The number of hydrogen-bond donors (Lipinski definition) is 1. The SMILES string of the molecule is CC.CCC.CCc1cccc(CCC(=O)NC)n1.[HH]. The van der Waals surface area contributed by atoms with Crippen molar-refractivity contribution in [1.29, 1.82) is 0 Å². The quantitative estimate of drug-likeness (QED) is 0.896. The largest absolute Gasteiger partial charge is 0.359 e. The normalized spacial score (nSPS) is 8.53. The van der Waals surface area contributed by atoms with Gasteiger partial charge in [0.25, 0.3) is 0 Å². The molecule has 0 fully saturated rings. The van der Waals surface area contributed by atoms with Gasteiger partial charge in [0.05, 0.1) is 0 Å². The molecule has 0 unspecified atom stereocenters. The van der Waals surface area contributed by atoms with E-state index in [-0.39, 0.29) is 7.33 Å². The van der Waals surface area contributed by atoms with E-state index in [0.717, 1.165) is 17.8 Å². The van der Waals surface area contributed by atoms with Crippen LogP contribution >= 0.6 is 0 Å². The van der Waals surface area contributed by atoms with Crippen LogP contribution in [0.15, 0.2) is 18.2 Å². The average molecular weight is 268 g/mol. The van der Waals surface area contributed by atoms with Gasteiger partial charge in [-0.3, -0.25) is 9.78 Å². The number of carbonyl (C=O) groups excluding carboxylic acids is 1. The van der Waals surface area contributed by atoms with Gasteiger partial charge in [-0.2, -0.15) is 0 Å². The summed E-state index contributed by atoms with van der Waals surface area (Å²) in [5.74, 6) is 0.0636. The van der Waals surface area contributed by atoms with E-state index < -0.39 is 0 Å². The van der Waals surface area contributed by atoms with Crippen molar-refractivity contribution in [3.63, 3.8) is 0 Å². The van der Waals surface area contributed by atoms with Crippen LogP contribution in [-0.4, -0.2) is 17.9 Å². The summed E-state index contributed by atoms with van der Waals surface area (Å²) in [6.45, 7) is 10.3. The molecule has 0 saturated heterocycles. The summed E-state index contributed by atoms with van der Waals surface area (Å²) < 4.78 is 0. The van der Waals surface area contributed by atoms with Crippen molar-refractivity contribution in [2.45, 2.75) is 60.3 Å². The third-order valence-electron chi connectivity index (χ3n) is 2.11. The van der Waals surface area contributed by atoms with Crippen molar-refractivity contribution >= 4 is 5.91 Å². The average Bonchev–Trinajstić information content (AvgIpc) is 2.48. The zero-order valence-electron chi connectivity index (χ0n) is 13.4. The third kappa shape index (κ3) is 11.4. The monoisotopic (exact) mass is 268 g/mol. The van der Waals surface area contributed by atoms with E-state index in [4.69, 9.17) is 0 Å². The molecule has 0 bridgehead atoms. The summed E-state index contributed by atoms with van der Waals surface area (Å²) in [7, 11) is 1.65. The first-order valence-corrected chi connectivity index (χ1v) is 7.33. The van der Waals surface area contributed by atoms with Crippen LogP contribution in [0.2, 0.25) is 0 Å². The molecule has 1 amide bonds. The fourth-order valence-electron chi connectivity index (χ4n) is 1.23. The highest BCUT2D eigenvalue weighted by atomic mass is 16.1. The topological polar surface area (TPSA) is 42.0 Å². The zero-order chi connectivity index (χ0) is 15.1. The second-order valence-electron chi connectivity index (χ2n) is 3.85. The maximum Gasteiger partial charge on any atom is 0.220 e. The maximum atomic E-state index is 11.0. The highest BCUT2D eigenvalue weighted by Crippen LogP contribution is 2.02. The second-order valence-corrected chi connectivity index (χ2v) is 3.85. The van der Waals surface area contributed by atoms with Crippen molar-refractivity contribution in [2.75, 3.05) is 7.05 Å². The number of nitrogens with one attached hydrogen (secondary N) is 1. The molecule has 0 spiro atoms. The number of aromatic nitrogens is 1. The molecule has 0 radical (unpaired) electrons. The van der Waals surface area contributed by atoms with Crippen LogP contribution in [0.4, 0.5) is 0 Å². The van der Waals surface area contributed by atoms with E-state index in [2.05, 4.69) is 31.1 Å². The van der Waals surface area contributed by atoms with E-state index in [1.54, 1.807) is 7.05 Å². The molecular formula is C16H32N2O. The first-order chi connectivity index (χ1) is 9.17. The van der Waals surface area contributed by atoms with E-state index in [1.807, 2.05) is 32.0 Å². The molecule has 1 aromatic heterocycles. The second kappa shape index (κ2) is 14.7. The smallest absolute Gasteiger partial charge is 0.220 e. The summed E-state index contributed by atoms with van der Waals surface area (Å²) in [6, 6.07) is 5.95. The standard InChI is InChI=1S/C11H16N2O.C3H8.C2H6.H2/c1-3-9-5-4-6-10(13-9)7-8-11(14)12-2;1-3-2;1-2;/h4-6H,3,7-8H2,1-2H3,(H,12,14);3H2,1-2H3;1-2H3;1H. The lowest BCUT2D eigenvalue weighted by molar-refractivity contribution is -0.120. The minimum atomic E-state index is 0. The van der Waals surface area contributed by atoms with E-state index in [1.165, 1.54) is 6.42 Å². The lowest BCUT2D eigenvalue weighted by Gasteiger charge is -2.02. The Labute approximate surface area is 120 Å². The van der Waals surface area contributed by atoms with Crippen LogP contribution in [0.25, 0.3) is 0 Å². The molecule has 1 heterocycles. The number of carbonyl (C=O) groups is 1. The van der Waals surface area contributed by atoms with E-state index in [9.17, 15) is 4.79 Å². The fourth-order valence-corrected chi connectivity index (χ4v) is 1.23. The van der Waals surface area contributed by atoms with Crippen molar-refractivity contribution in [3.05, 3.63) is 29.6 Å². The van der Waals surface area contributed by atoms with Crippen LogP contribution in [0.1, 0.15) is 60.3 Å². The van der Waals surface area contributed by atoms with E-state index >= 15 is 0 Å². The molecule has 1 rings (SSSR count). The summed E-state index contributed by atoms with van der Waals surface area (Å²) >= 11 is 0. The van der Waals surface area contributed by atoms with Gasteiger partial charge in [0.2, 0.25) is 5.91 Å². The van der Waals surface area contributed by atoms with Gasteiger partial charge in [-0.15, -0.1) is 0 Å². The zero-order valence-corrected chi connectivity index (χ0v) is 13.4. The van der Waals surface area contributed by atoms with Crippen molar-refractivity contribution in [3.8, 4) is 0 Å². The van der Waals surface area contributed by atoms with Crippen LogP contribution in [0.5, 0.6) is 0 Å². The molecule has 19 heavy (non-hydrogen) atoms. The molecule has 0 aromatic carbocycles. The Hall–Kier alpha value is -1.38. The van der Waals surface area contributed by atoms with Gasteiger partial charge in [0.15, 0.2) is 0 Å². The Kier molecular flexibility index (Phi) is 15.4. The Balaban J connectivity index is -0.000000426. The third-order valence-corrected chi connectivity index (χ3v) is 2.11. The number of nitrogens with zero attached hydrogens (tertiary/aromatic N) is 1. The number of amides is 1. The maximum absolute atomic E-state index is 11.0. The first kappa shape index (κ1) is 19.9. The van der Waals surface area contributed by atoms with E-state index in [0.29, 0.717) is 12.8 Å².